The van der Waals surface area contributed by atoms with Crippen LogP contribution in [0.5, 0.6) is 5.75 Å². The maximum atomic E-state index is 11.7. The molecule has 0 atom stereocenters. The Kier molecular flexibility index (Phi) is 5.36. The summed E-state index contributed by atoms with van der Waals surface area (Å²) in [6, 6.07) is 2.97. The SMILES string of the molecule is CCCCc1cc(C=O)cc(C(=O)OCC)c1O. The van der Waals surface area contributed by atoms with E-state index in [2.05, 4.69) is 0 Å². The summed E-state index contributed by atoms with van der Waals surface area (Å²) < 4.78 is 4.85. The largest absolute Gasteiger partial charge is 0.507 e. The van der Waals surface area contributed by atoms with Crippen LogP contribution in [0, 0.1) is 0 Å². The number of carbonyl (C=O) groups excluding carboxylic acids is 2. The molecule has 0 aliphatic heterocycles. The van der Waals surface area contributed by atoms with Crippen molar-refractivity contribution < 1.29 is 19.4 Å². The van der Waals surface area contributed by atoms with Crippen LogP contribution in [0.15, 0.2) is 12.1 Å². The molecule has 0 fully saturated rings. The van der Waals surface area contributed by atoms with E-state index in [0.717, 1.165) is 12.8 Å². The number of phenolic OH excluding ortho intramolecular Hbond substituents is 1. The quantitative estimate of drug-likeness (QED) is 0.622. The minimum atomic E-state index is -0.601. The van der Waals surface area contributed by atoms with E-state index in [4.69, 9.17) is 4.74 Å². The molecule has 98 valence electrons. The molecular formula is C14H18O4. The Bertz CT molecular complexity index is 438. The summed E-state index contributed by atoms with van der Waals surface area (Å²) in [6.07, 6.45) is 3.16. The van der Waals surface area contributed by atoms with Gasteiger partial charge in [-0.05, 0) is 37.5 Å². The van der Waals surface area contributed by atoms with Gasteiger partial charge in [-0.2, -0.15) is 0 Å². The number of hydrogen-bond acceptors (Lipinski definition) is 4. The number of benzene rings is 1. The predicted molar refractivity (Wildman–Crippen MR) is 68.1 cm³/mol. The lowest BCUT2D eigenvalue weighted by atomic mass is 10.0. The second-order valence-corrected chi connectivity index (χ2v) is 4.02. The number of esters is 1. The van der Waals surface area contributed by atoms with Crippen molar-refractivity contribution in [3.8, 4) is 5.75 Å². The summed E-state index contributed by atoms with van der Waals surface area (Å²) in [5.41, 5.74) is 1.05. The van der Waals surface area contributed by atoms with Crippen LogP contribution in [0.4, 0.5) is 0 Å². The first-order valence-corrected chi connectivity index (χ1v) is 6.12. The van der Waals surface area contributed by atoms with Crippen LogP contribution in [0.1, 0.15) is 53.0 Å². The second-order valence-electron chi connectivity index (χ2n) is 4.02. The van der Waals surface area contributed by atoms with Crippen molar-refractivity contribution in [2.24, 2.45) is 0 Å². The minimum Gasteiger partial charge on any atom is -0.507 e. The number of aldehydes is 1. The topological polar surface area (TPSA) is 63.6 Å². The van der Waals surface area contributed by atoms with Crippen LogP contribution in [-0.2, 0) is 11.2 Å². The zero-order valence-electron chi connectivity index (χ0n) is 10.7. The van der Waals surface area contributed by atoms with E-state index in [1.807, 2.05) is 6.92 Å². The lowest BCUT2D eigenvalue weighted by molar-refractivity contribution is 0.0523. The van der Waals surface area contributed by atoms with Crippen LogP contribution < -0.4 is 0 Å². The summed E-state index contributed by atoms with van der Waals surface area (Å²) in [4.78, 5) is 22.5. The molecule has 1 N–H and O–H groups in total. The fraction of sp³-hybridized carbons (Fsp3) is 0.429. The Balaban J connectivity index is 3.15. The van der Waals surface area contributed by atoms with E-state index >= 15 is 0 Å². The van der Waals surface area contributed by atoms with Gasteiger partial charge in [0, 0.05) is 5.56 Å². The highest BCUT2D eigenvalue weighted by Gasteiger charge is 2.17. The zero-order valence-corrected chi connectivity index (χ0v) is 10.7. The summed E-state index contributed by atoms with van der Waals surface area (Å²) in [5.74, 6) is -0.677. The number of carbonyl (C=O) groups is 2. The second kappa shape index (κ2) is 6.79. The van der Waals surface area contributed by atoms with E-state index < -0.39 is 5.97 Å². The van der Waals surface area contributed by atoms with E-state index in [1.165, 1.54) is 6.07 Å². The maximum absolute atomic E-state index is 11.7. The highest BCUT2D eigenvalue weighted by atomic mass is 16.5. The van der Waals surface area contributed by atoms with E-state index in [9.17, 15) is 14.7 Å². The van der Waals surface area contributed by atoms with Gasteiger partial charge in [0.2, 0.25) is 0 Å². The Morgan fingerprint density at radius 3 is 2.67 bits per heavy atom. The van der Waals surface area contributed by atoms with Gasteiger partial charge in [0.15, 0.2) is 0 Å². The predicted octanol–water partition coefficient (Wildman–Crippen LogP) is 2.72. The molecule has 0 saturated carbocycles. The highest BCUT2D eigenvalue weighted by Crippen LogP contribution is 2.26. The molecule has 0 aliphatic rings. The molecular weight excluding hydrogens is 232 g/mol. The lowest BCUT2D eigenvalue weighted by Crippen LogP contribution is -2.07. The van der Waals surface area contributed by atoms with Crippen LogP contribution in [0.25, 0.3) is 0 Å². The molecule has 1 rings (SSSR count). The molecule has 0 aromatic heterocycles. The van der Waals surface area contributed by atoms with Gasteiger partial charge in [0.1, 0.15) is 17.6 Å². The van der Waals surface area contributed by atoms with Gasteiger partial charge in [-0.25, -0.2) is 4.79 Å². The number of hydrogen-bond donors (Lipinski definition) is 1. The van der Waals surface area contributed by atoms with E-state index in [0.29, 0.717) is 23.8 Å². The van der Waals surface area contributed by atoms with Crippen molar-refractivity contribution in [1.82, 2.24) is 0 Å². The highest BCUT2D eigenvalue weighted by molar-refractivity contribution is 5.95. The first-order chi connectivity index (χ1) is 8.63. The summed E-state index contributed by atoms with van der Waals surface area (Å²) in [5, 5.41) is 10.0. The van der Waals surface area contributed by atoms with Crippen molar-refractivity contribution in [2.75, 3.05) is 6.61 Å². The van der Waals surface area contributed by atoms with Crippen LogP contribution in [0.2, 0.25) is 0 Å². The third-order valence-electron chi connectivity index (χ3n) is 2.64. The van der Waals surface area contributed by atoms with Crippen LogP contribution >= 0.6 is 0 Å². The molecule has 0 saturated heterocycles. The average molecular weight is 250 g/mol. The summed E-state index contributed by atoms with van der Waals surface area (Å²) in [7, 11) is 0. The molecule has 1 aromatic rings. The third-order valence-corrected chi connectivity index (χ3v) is 2.64. The molecule has 18 heavy (non-hydrogen) atoms. The molecule has 0 unspecified atom stereocenters. The normalized spacial score (nSPS) is 10.1. The van der Waals surface area contributed by atoms with Crippen molar-refractivity contribution in [3.05, 3.63) is 28.8 Å². The number of rotatable bonds is 6. The van der Waals surface area contributed by atoms with Crippen molar-refractivity contribution in [3.63, 3.8) is 0 Å². The first kappa shape index (κ1) is 14.2. The first-order valence-electron chi connectivity index (χ1n) is 6.12. The van der Waals surface area contributed by atoms with E-state index in [-0.39, 0.29) is 17.9 Å². The number of ether oxygens (including phenoxy) is 1. The van der Waals surface area contributed by atoms with Crippen molar-refractivity contribution >= 4 is 12.3 Å². The fourth-order valence-corrected chi connectivity index (χ4v) is 1.71. The maximum Gasteiger partial charge on any atom is 0.341 e. The van der Waals surface area contributed by atoms with Gasteiger partial charge >= 0.3 is 5.97 Å². The Hall–Kier alpha value is -1.84. The number of phenols is 1. The minimum absolute atomic E-state index is 0.0625. The fourth-order valence-electron chi connectivity index (χ4n) is 1.71. The van der Waals surface area contributed by atoms with Gasteiger partial charge in [-0.15, -0.1) is 0 Å². The standard InChI is InChI=1S/C14H18O4/c1-3-5-6-11-7-10(9-15)8-12(13(11)16)14(17)18-4-2/h7-9,16H,3-6H2,1-2H3. The molecule has 0 amide bonds. The van der Waals surface area contributed by atoms with Gasteiger partial charge in [0.25, 0.3) is 0 Å². The van der Waals surface area contributed by atoms with Crippen molar-refractivity contribution in [2.45, 2.75) is 33.1 Å². The van der Waals surface area contributed by atoms with Gasteiger partial charge in [0.05, 0.1) is 6.61 Å². The summed E-state index contributed by atoms with van der Waals surface area (Å²) >= 11 is 0. The number of unbranched alkanes of at least 4 members (excludes halogenated alkanes) is 1. The number of aryl methyl sites for hydroxylation is 1. The monoisotopic (exact) mass is 250 g/mol. The van der Waals surface area contributed by atoms with Gasteiger partial charge < -0.3 is 9.84 Å². The van der Waals surface area contributed by atoms with E-state index in [1.54, 1.807) is 13.0 Å². The lowest BCUT2D eigenvalue weighted by Gasteiger charge is -2.10. The average Bonchev–Trinajstić information content (AvgIpc) is 2.37. The Morgan fingerprint density at radius 1 is 1.39 bits per heavy atom. The molecule has 1 aromatic carbocycles. The molecule has 0 spiro atoms. The summed E-state index contributed by atoms with van der Waals surface area (Å²) in [6.45, 7) is 3.96. The molecule has 4 nitrogen and oxygen atoms in total. The van der Waals surface area contributed by atoms with Crippen LogP contribution in [-0.4, -0.2) is 24.0 Å². The molecule has 0 aliphatic carbocycles. The Morgan fingerprint density at radius 2 is 2.11 bits per heavy atom. The number of aromatic hydroxyl groups is 1. The molecule has 0 heterocycles. The Labute approximate surface area is 107 Å². The molecule has 0 bridgehead atoms. The van der Waals surface area contributed by atoms with Gasteiger partial charge in [-0.1, -0.05) is 13.3 Å². The molecule has 4 heteroatoms. The molecule has 0 radical (unpaired) electrons. The van der Waals surface area contributed by atoms with Crippen molar-refractivity contribution in [1.29, 1.82) is 0 Å². The third kappa shape index (κ3) is 3.32. The smallest absolute Gasteiger partial charge is 0.341 e. The van der Waals surface area contributed by atoms with Crippen LogP contribution in [0.3, 0.4) is 0 Å². The van der Waals surface area contributed by atoms with Gasteiger partial charge in [-0.3, -0.25) is 4.79 Å². The zero-order chi connectivity index (χ0) is 13.5.